The molecule has 2 N–H and O–H groups in total. The zero-order chi connectivity index (χ0) is 16.2. The molecule has 0 radical (unpaired) electrons. The predicted octanol–water partition coefficient (Wildman–Crippen LogP) is 2.08. The predicted molar refractivity (Wildman–Crippen MR) is 83.9 cm³/mol. The molecule has 6 nitrogen and oxygen atoms in total. The van der Waals surface area contributed by atoms with Gasteiger partial charge >= 0.3 is 6.03 Å². The van der Waals surface area contributed by atoms with Crippen LogP contribution in [0, 0.1) is 5.82 Å². The Morgan fingerprint density at radius 1 is 1.35 bits per heavy atom. The summed E-state index contributed by atoms with van der Waals surface area (Å²) in [5, 5.41) is 4.99. The van der Waals surface area contributed by atoms with E-state index in [9.17, 15) is 14.0 Å². The lowest BCUT2D eigenvalue weighted by atomic mass is 10.3. The first-order valence-electron chi connectivity index (χ1n) is 7.49. The molecular weight excluding hydrogens is 299 g/mol. The van der Waals surface area contributed by atoms with E-state index in [-0.39, 0.29) is 17.8 Å². The first kappa shape index (κ1) is 15.2. The minimum absolute atomic E-state index is 0.109. The third-order valence-corrected chi connectivity index (χ3v) is 3.66. The highest BCUT2D eigenvalue weighted by molar-refractivity contribution is 5.89. The molecule has 1 aromatic carbocycles. The van der Waals surface area contributed by atoms with Crippen molar-refractivity contribution < 1.29 is 9.18 Å². The molecule has 0 aliphatic heterocycles. The fraction of sp³-hybridized carbons (Fsp3) is 0.312. The van der Waals surface area contributed by atoms with Gasteiger partial charge in [-0.3, -0.25) is 9.36 Å². The molecule has 0 unspecified atom stereocenters. The summed E-state index contributed by atoms with van der Waals surface area (Å²) in [5.41, 5.74) is 0.826. The Labute approximate surface area is 132 Å². The van der Waals surface area contributed by atoms with E-state index in [4.69, 9.17) is 0 Å². The minimum Gasteiger partial charge on any atom is -0.336 e. The van der Waals surface area contributed by atoms with Crippen LogP contribution in [0.5, 0.6) is 0 Å². The van der Waals surface area contributed by atoms with Gasteiger partial charge in [0.2, 0.25) is 0 Å². The number of aromatic nitrogens is 2. The maximum absolute atomic E-state index is 13.4. The average molecular weight is 316 g/mol. The van der Waals surface area contributed by atoms with Crippen LogP contribution >= 0.6 is 0 Å². The molecule has 1 aromatic heterocycles. The van der Waals surface area contributed by atoms with Gasteiger partial charge < -0.3 is 10.6 Å². The number of carbonyl (C=O) groups excluding carboxylic acids is 1. The Morgan fingerprint density at radius 2 is 2.13 bits per heavy atom. The Morgan fingerprint density at radius 3 is 2.83 bits per heavy atom. The summed E-state index contributed by atoms with van der Waals surface area (Å²) < 4.78 is 14.8. The largest absolute Gasteiger partial charge is 0.336 e. The molecule has 1 aliphatic rings. The second kappa shape index (κ2) is 6.60. The van der Waals surface area contributed by atoms with Crippen molar-refractivity contribution in [3.8, 4) is 0 Å². The van der Waals surface area contributed by atoms with E-state index in [1.807, 2.05) is 0 Å². The van der Waals surface area contributed by atoms with Crippen molar-refractivity contribution in [2.45, 2.75) is 25.3 Å². The summed E-state index contributed by atoms with van der Waals surface area (Å²) in [6.07, 6.45) is 3.69. The second-order valence-corrected chi connectivity index (χ2v) is 5.48. The SMILES string of the molecule is O=C(NCCn1cnc(C2CC2)cc1=O)Nc1ccccc1F. The smallest absolute Gasteiger partial charge is 0.319 e. The van der Waals surface area contributed by atoms with Crippen molar-refractivity contribution >= 4 is 11.7 Å². The number of benzene rings is 1. The van der Waals surface area contributed by atoms with E-state index >= 15 is 0 Å². The standard InChI is InChI=1S/C16H17FN4O2/c17-12-3-1-2-4-13(12)20-16(23)18-7-8-21-10-19-14(9-15(21)22)11-5-6-11/h1-4,9-11H,5-8H2,(H2,18,20,23). The topological polar surface area (TPSA) is 76.0 Å². The summed E-state index contributed by atoms with van der Waals surface area (Å²) in [4.78, 5) is 27.9. The van der Waals surface area contributed by atoms with Crippen LogP contribution in [0.1, 0.15) is 24.5 Å². The highest BCUT2D eigenvalue weighted by atomic mass is 19.1. The Kier molecular flexibility index (Phi) is 4.36. The number of rotatable bonds is 5. The van der Waals surface area contributed by atoms with Crippen LogP contribution in [0.4, 0.5) is 14.9 Å². The van der Waals surface area contributed by atoms with Crippen molar-refractivity contribution in [1.29, 1.82) is 0 Å². The van der Waals surface area contributed by atoms with E-state index in [1.165, 1.54) is 23.0 Å². The number of anilines is 1. The Hall–Kier alpha value is -2.70. The number of hydrogen-bond acceptors (Lipinski definition) is 3. The van der Waals surface area contributed by atoms with Gasteiger partial charge in [0, 0.05) is 25.1 Å². The van der Waals surface area contributed by atoms with Crippen LogP contribution in [0.15, 0.2) is 41.5 Å². The number of hydrogen-bond donors (Lipinski definition) is 2. The number of para-hydroxylation sites is 1. The molecule has 0 saturated heterocycles. The number of carbonyl (C=O) groups is 1. The molecule has 2 amide bonds. The highest BCUT2D eigenvalue weighted by Crippen LogP contribution is 2.38. The summed E-state index contributed by atoms with van der Waals surface area (Å²) in [6, 6.07) is 6.94. The van der Waals surface area contributed by atoms with Gasteiger partial charge in [-0.05, 0) is 25.0 Å². The van der Waals surface area contributed by atoms with Gasteiger partial charge in [-0.25, -0.2) is 14.2 Å². The van der Waals surface area contributed by atoms with Crippen LogP contribution in [-0.4, -0.2) is 22.1 Å². The molecule has 3 rings (SSSR count). The molecule has 1 heterocycles. The summed E-state index contributed by atoms with van der Waals surface area (Å²) in [6.45, 7) is 0.548. The minimum atomic E-state index is -0.522. The van der Waals surface area contributed by atoms with Gasteiger partial charge in [0.1, 0.15) is 5.82 Å². The monoisotopic (exact) mass is 316 g/mol. The lowest BCUT2D eigenvalue weighted by Crippen LogP contribution is -2.34. The first-order valence-corrected chi connectivity index (χ1v) is 7.49. The zero-order valence-electron chi connectivity index (χ0n) is 12.5. The lowest BCUT2D eigenvalue weighted by molar-refractivity contribution is 0.251. The third-order valence-electron chi connectivity index (χ3n) is 3.66. The van der Waals surface area contributed by atoms with Gasteiger partial charge in [-0.15, -0.1) is 0 Å². The van der Waals surface area contributed by atoms with Gasteiger partial charge in [-0.1, -0.05) is 12.1 Å². The van der Waals surface area contributed by atoms with E-state index < -0.39 is 11.8 Å². The van der Waals surface area contributed by atoms with Crippen molar-refractivity contribution in [2.24, 2.45) is 0 Å². The van der Waals surface area contributed by atoms with E-state index in [0.29, 0.717) is 12.5 Å². The molecule has 0 spiro atoms. The van der Waals surface area contributed by atoms with E-state index in [2.05, 4.69) is 15.6 Å². The van der Waals surface area contributed by atoms with Crippen LogP contribution < -0.4 is 16.2 Å². The van der Waals surface area contributed by atoms with Crippen molar-refractivity contribution in [3.05, 3.63) is 58.5 Å². The number of amides is 2. The number of halogens is 1. The second-order valence-electron chi connectivity index (χ2n) is 5.48. The van der Waals surface area contributed by atoms with Crippen molar-refractivity contribution in [3.63, 3.8) is 0 Å². The molecule has 0 bridgehead atoms. The van der Waals surface area contributed by atoms with E-state index in [0.717, 1.165) is 18.5 Å². The van der Waals surface area contributed by atoms with Crippen LogP contribution in [0.3, 0.4) is 0 Å². The maximum Gasteiger partial charge on any atom is 0.319 e. The highest BCUT2D eigenvalue weighted by Gasteiger charge is 2.25. The molecule has 1 aliphatic carbocycles. The zero-order valence-corrected chi connectivity index (χ0v) is 12.5. The summed E-state index contributed by atoms with van der Waals surface area (Å²) in [5.74, 6) is -0.0687. The lowest BCUT2D eigenvalue weighted by Gasteiger charge is -2.09. The molecule has 7 heteroatoms. The van der Waals surface area contributed by atoms with Crippen molar-refractivity contribution in [1.82, 2.24) is 14.9 Å². The number of urea groups is 1. The first-order chi connectivity index (χ1) is 11.1. The average Bonchev–Trinajstić information content (AvgIpc) is 3.36. The van der Waals surface area contributed by atoms with Crippen LogP contribution in [-0.2, 0) is 6.54 Å². The Balaban J connectivity index is 1.50. The third kappa shape index (κ3) is 3.94. The number of nitrogens with zero attached hydrogens (tertiary/aromatic N) is 2. The molecule has 2 aromatic rings. The number of nitrogens with one attached hydrogen (secondary N) is 2. The van der Waals surface area contributed by atoms with Gasteiger partial charge in [0.25, 0.3) is 5.56 Å². The molecule has 23 heavy (non-hydrogen) atoms. The van der Waals surface area contributed by atoms with Gasteiger partial charge in [0.05, 0.1) is 17.7 Å². The van der Waals surface area contributed by atoms with Gasteiger partial charge in [-0.2, -0.15) is 0 Å². The fourth-order valence-electron chi connectivity index (χ4n) is 2.23. The van der Waals surface area contributed by atoms with Crippen molar-refractivity contribution in [2.75, 3.05) is 11.9 Å². The summed E-state index contributed by atoms with van der Waals surface area (Å²) in [7, 11) is 0. The molecule has 1 saturated carbocycles. The fourth-order valence-corrected chi connectivity index (χ4v) is 2.23. The normalized spacial score (nSPS) is 13.6. The van der Waals surface area contributed by atoms with Crippen LogP contribution in [0.2, 0.25) is 0 Å². The van der Waals surface area contributed by atoms with Crippen LogP contribution in [0.25, 0.3) is 0 Å². The quantitative estimate of drug-likeness (QED) is 0.887. The maximum atomic E-state index is 13.4. The molecule has 0 atom stereocenters. The molecule has 1 fully saturated rings. The molecule has 120 valence electrons. The van der Waals surface area contributed by atoms with E-state index in [1.54, 1.807) is 18.2 Å². The summed E-state index contributed by atoms with van der Waals surface area (Å²) >= 11 is 0. The molecular formula is C16H17FN4O2. The Bertz CT molecular complexity index is 771. The van der Waals surface area contributed by atoms with Gasteiger partial charge in [0.15, 0.2) is 0 Å².